The fraction of sp³-hybridized carbons (Fsp3) is 0.360. The number of hydrogen-bond acceptors (Lipinski definition) is 4. The van der Waals surface area contributed by atoms with Crippen molar-refractivity contribution in [3.63, 3.8) is 0 Å². The van der Waals surface area contributed by atoms with Gasteiger partial charge in [-0.05, 0) is 44.5 Å². The third-order valence-electron chi connectivity index (χ3n) is 6.05. The molecule has 0 N–H and O–H groups in total. The first-order valence-corrected chi connectivity index (χ1v) is 11.0. The van der Waals surface area contributed by atoms with Crippen LogP contribution in [0.4, 0.5) is 10.1 Å². The Kier molecular flexibility index (Phi) is 6.17. The number of pyridine rings is 1. The molecule has 1 fully saturated rings. The highest BCUT2D eigenvalue weighted by atomic mass is 19.1. The number of carbonyl (C=O) groups excluding carboxylic acids is 1. The van der Waals surface area contributed by atoms with Crippen molar-refractivity contribution < 1.29 is 13.6 Å². The molecule has 1 aromatic carbocycles. The normalized spacial score (nSPS) is 14.1. The third-order valence-corrected chi connectivity index (χ3v) is 6.05. The van der Waals surface area contributed by atoms with E-state index >= 15 is 0 Å². The topological polar surface area (TPSA) is 58.7 Å². The van der Waals surface area contributed by atoms with Crippen LogP contribution in [-0.4, -0.2) is 41.6 Å². The van der Waals surface area contributed by atoms with E-state index in [1.807, 2.05) is 42.4 Å². The number of amides is 1. The summed E-state index contributed by atoms with van der Waals surface area (Å²) in [5.74, 6) is 1.07. The molecule has 0 spiro atoms. The van der Waals surface area contributed by atoms with Crippen molar-refractivity contribution in [2.24, 2.45) is 0 Å². The maximum atomic E-state index is 14.1. The lowest BCUT2D eigenvalue weighted by atomic mass is 10.1. The smallest absolute Gasteiger partial charge is 0.259 e. The number of piperazine rings is 1. The van der Waals surface area contributed by atoms with Gasteiger partial charge in [-0.25, -0.2) is 4.39 Å². The van der Waals surface area contributed by atoms with E-state index in [1.165, 1.54) is 12.1 Å². The molecule has 1 saturated heterocycles. The minimum Gasteiger partial charge on any atom is -0.464 e. The Hall–Kier alpha value is -3.35. The van der Waals surface area contributed by atoms with E-state index in [4.69, 9.17) is 4.42 Å². The van der Waals surface area contributed by atoms with Crippen molar-refractivity contribution in [1.82, 2.24) is 9.47 Å². The van der Waals surface area contributed by atoms with E-state index in [-0.39, 0.29) is 22.7 Å². The van der Waals surface area contributed by atoms with Gasteiger partial charge in [0.1, 0.15) is 22.9 Å². The average Bonchev–Trinajstić information content (AvgIpc) is 3.20. The van der Waals surface area contributed by atoms with Crippen LogP contribution in [0.25, 0.3) is 0 Å². The van der Waals surface area contributed by atoms with Crippen LogP contribution < -0.4 is 10.3 Å². The second-order valence-corrected chi connectivity index (χ2v) is 8.15. The molecule has 1 aliphatic heterocycles. The number of anilines is 1. The summed E-state index contributed by atoms with van der Waals surface area (Å²) in [6.45, 7) is 8.06. The van der Waals surface area contributed by atoms with Gasteiger partial charge < -0.3 is 18.8 Å². The SMILES string of the molecule is CCc1c(C(=O)N2CCN(c3ccccc3F)CC2)c(=O)cc(C)n1Cc1ccc(C)o1. The summed E-state index contributed by atoms with van der Waals surface area (Å²) in [6.07, 6.45) is 0.548. The summed E-state index contributed by atoms with van der Waals surface area (Å²) in [5, 5.41) is 0. The van der Waals surface area contributed by atoms with Gasteiger partial charge in [-0.2, -0.15) is 0 Å². The predicted octanol–water partition coefficient (Wildman–Crippen LogP) is 3.77. The van der Waals surface area contributed by atoms with Gasteiger partial charge in [-0.1, -0.05) is 19.1 Å². The van der Waals surface area contributed by atoms with Gasteiger partial charge in [0.2, 0.25) is 0 Å². The number of hydrogen-bond donors (Lipinski definition) is 0. The zero-order valence-corrected chi connectivity index (χ0v) is 18.7. The van der Waals surface area contributed by atoms with Gasteiger partial charge in [-0.15, -0.1) is 0 Å². The van der Waals surface area contributed by atoms with Crippen LogP contribution in [0.3, 0.4) is 0 Å². The molecular formula is C25H28FN3O3. The predicted molar refractivity (Wildman–Crippen MR) is 122 cm³/mol. The molecule has 2 aromatic heterocycles. The van der Waals surface area contributed by atoms with Gasteiger partial charge in [0.05, 0.1) is 12.2 Å². The molecule has 6 nitrogen and oxygen atoms in total. The molecule has 0 aliphatic carbocycles. The van der Waals surface area contributed by atoms with Crippen molar-refractivity contribution in [2.45, 2.75) is 33.7 Å². The number of benzene rings is 1. The fourth-order valence-corrected chi connectivity index (χ4v) is 4.39. The summed E-state index contributed by atoms with van der Waals surface area (Å²) in [5.41, 5.74) is 2.01. The quantitative estimate of drug-likeness (QED) is 0.610. The highest BCUT2D eigenvalue weighted by Crippen LogP contribution is 2.22. The van der Waals surface area contributed by atoms with E-state index in [0.29, 0.717) is 50.5 Å². The van der Waals surface area contributed by atoms with Gasteiger partial charge in [0.25, 0.3) is 5.91 Å². The molecule has 0 radical (unpaired) electrons. The Balaban J connectivity index is 1.59. The van der Waals surface area contributed by atoms with E-state index in [2.05, 4.69) is 0 Å². The van der Waals surface area contributed by atoms with E-state index in [0.717, 1.165) is 17.2 Å². The molecule has 7 heteroatoms. The minimum atomic E-state index is -0.268. The molecular weight excluding hydrogens is 409 g/mol. The maximum absolute atomic E-state index is 14.1. The lowest BCUT2D eigenvalue weighted by Gasteiger charge is -2.36. The molecule has 0 saturated carbocycles. The first-order chi connectivity index (χ1) is 15.4. The lowest BCUT2D eigenvalue weighted by molar-refractivity contribution is 0.0743. The standard InChI is InChI=1S/C25H28FN3O3/c1-4-21-24(23(30)15-17(2)29(21)16-19-10-9-18(3)32-19)25(31)28-13-11-27(12-14-28)22-8-6-5-7-20(22)26/h5-10,15H,4,11-14,16H2,1-3H3. The number of furan rings is 1. The monoisotopic (exact) mass is 437 g/mol. The molecule has 1 amide bonds. The van der Waals surface area contributed by atoms with Crippen molar-refractivity contribution in [2.75, 3.05) is 31.1 Å². The first-order valence-electron chi connectivity index (χ1n) is 11.0. The summed E-state index contributed by atoms with van der Waals surface area (Å²) < 4.78 is 21.8. The van der Waals surface area contributed by atoms with Crippen LogP contribution in [0.1, 0.15) is 40.2 Å². The molecule has 1 aliphatic rings. The Morgan fingerprint density at radius 1 is 1.06 bits per heavy atom. The second kappa shape index (κ2) is 9.02. The summed E-state index contributed by atoms with van der Waals surface area (Å²) >= 11 is 0. The zero-order valence-electron chi connectivity index (χ0n) is 18.7. The van der Waals surface area contributed by atoms with Crippen LogP contribution in [-0.2, 0) is 13.0 Å². The van der Waals surface area contributed by atoms with Crippen molar-refractivity contribution in [3.05, 3.63) is 87.0 Å². The second-order valence-electron chi connectivity index (χ2n) is 8.15. The largest absolute Gasteiger partial charge is 0.464 e. The molecule has 0 bridgehead atoms. The third kappa shape index (κ3) is 4.20. The van der Waals surface area contributed by atoms with E-state index in [1.54, 1.807) is 23.1 Å². The Morgan fingerprint density at radius 3 is 2.41 bits per heavy atom. The summed E-state index contributed by atoms with van der Waals surface area (Å²) in [4.78, 5) is 30.0. The highest BCUT2D eigenvalue weighted by molar-refractivity contribution is 5.95. The van der Waals surface area contributed by atoms with Crippen LogP contribution in [0.2, 0.25) is 0 Å². The minimum absolute atomic E-state index is 0.223. The molecule has 3 aromatic rings. The number of carbonyl (C=O) groups is 1. The van der Waals surface area contributed by atoms with Crippen LogP contribution in [0.5, 0.6) is 0 Å². The molecule has 0 unspecified atom stereocenters. The molecule has 3 heterocycles. The number of halogens is 1. The zero-order chi connectivity index (χ0) is 22.8. The fourth-order valence-electron chi connectivity index (χ4n) is 4.39. The van der Waals surface area contributed by atoms with Crippen molar-refractivity contribution >= 4 is 11.6 Å². The molecule has 4 rings (SSSR count). The highest BCUT2D eigenvalue weighted by Gasteiger charge is 2.28. The summed E-state index contributed by atoms with van der Waals surface area (Å²) in [6, 6.07) is 12.0. The molecule has 168 valence electrons. The van der Waals surface area contributed by atoms with Crippen LogP contribution >= 0.6 is 0 Å². The van der Waals surface area contributed by atoms with Gasteiger partial charge in [-0.3, -0.25) is 9.59 Å². The van der Waals surface area contributed by atoms with E-state index < -0.39 is 0 Å². The Labute approximate surface area is 186 Å². The van der Waals surface area contributed by atoms with Crippen molar-refractivity contribution in [1.29, 1.82) is 0 Å². The first kappa shape index (κ1) is 21.9. The van der Waals surface area contributed by atoms with Crippen LogP contribution in [0.15, 0.2) is 51.7 Å². The number of nitrogens with zero attached hydrogens (tertiary/aromatic N) is 3. The van der Waals surface area contributed by atoms with Crippen LogP contribution in [0, 0.1) is 19.7 Å². The van der Waals surface area contributed by atoms with Gasteiger partial charge >= 0.3 is 0 Å². The number of aryl methyl sites for hydroxylation is 2. The number of aromatic nitrogens is 1. The number of rotatable bonds is 5. The Morgan fingerprint density at radius 2 is 1.78 bits per heavy atom. The molecule has 32 heavy (non-hydrogen) atoms. The maximum Gasteiger partial charge on any atom is 0.259 e. The average molecular weight is 438 g/mol. The van der Waals surface area contributed by atoms with Gasteiger partial charge in [0.15, 0.2) is 5.43 Å². The Bertz CT molecular complexity index is 1190. The molecule has 0 atom stereocenters. The van der Waals surface area contributed by atoms with Crippen molar-refractivity contribution in [3.8, 4) is 0 Å². The lowest BCUT2D eigenvalue weighted by Crippen LogP contribution is -2.50. The summed E-state index contributed by atoms with van der Waals surface area (Å²) in [7, 11) is 0. The van der Waals surface area contributed by atoms with Gasteiger partial charge in [0, 0.05) is 43.6 Å². The number of para-hydroxylation sites is 1. The van der Waals surface area contributed by atoms with E-state index in [9.17, 15) is 14.0 Å².